The molecule has 0 bridgehead atoms. The Balaban J connectivity index is 1.98. The number of sulfonamides is 1. The minimum absolute atomic E-state index is 0.156. The third kappa shape index (κ3) is 4.56. The van der Waals surface area contributed by atoms with E-state index in [1.165, 1.54) is 12.8 Å². The molecule has 0 unspecified atom stereocenters. The number of hydrogen-bond donors (Lipinski definition) is 2. The summed E-state index contributed by atoms with van der Waals surface area (Å²) in [6, 6.07) is 2.12. The molecule has 0 radical (unpaired) electrons. The topological polar surface area (TPSA) is 74.6 Å². The molecule has 1 saturated carbocycles. The van der Waals surface area contributed by atoms with Crippen LogP contribution in [-0.2, 0) is 16.6 Å². The van der Waals surface area contributed by atoms with Crippen LogP contribution in [0.3, 0.4) is 0 Å². The lowest BCUT2D eigenvalue weighted by Gasteiger charge is -2.10. The molecule has 0 aliphatic heterocycles. The number of likely N-dealkylation sites (N-methyl/N-ethyl adjacent to an activating group) is 1. The fourth-order valence-electron chi connectivity index (χ4n) is 1.68. The molecule has 0 amide bonds. The Kier molecular flexibility index (Phi) is 5.25. The Morgan fingerprint density at radius 3 is 2.75 bits per heavy atom. The van der Waals surface area contributed by atoms with Gasteiger partial charge in [0.25, 0.3) is 0 Å². The molecular weight excluding hydrogens is 346 g/mol. The SMILES string of the molecule is CN(C)CCNS(=O)(=O)c1cc(CNC2CC2)oc1Br. The smallest absolute Gasteiger partial charge is 0.245 e. The summed E-state index contributed by atoms with van der Waals surface area (Å²) in [7, 11) is 0.251. The fourth-order valence-corrected chi connectivity index (χ4v) is 3.70. The monoisotopic (exact) mass is 365 g/mol. The highest BCUT2D eigenvalue weighted by molar-refractivity contribution is 9.10. The van der Waals surface area contributed by atoms with Crippen molar-refractivity contribution in [3.63, 3.8) is 0 Å². The van der Waals surface area contributed by atoms with Gasteiger partial charge in [0, 0.05) is 25.2 Å². The number of nitrogens with one attached hydrogen (secondary N) is 2. The van der Waals surface area contributed by atoms with Crippen molar-refractivity contribution in [1.29, 1.82) is 0 Å². The minimum Gasteiger partial charge on any atom is -0.452 e. The summed E-state index contributed by atoms with van der Waals surface area (Å²) in [5.41, 5.74) is 0. The molecule has 1 aliphatic carbocycles. The number of rotatable bonds is 8. The number of furan rings is 1. The van der Waals surface area contributed by atoms with Crippen LogP contribution in [0.15, 0.2) is 20.0 Å². The summed E-state index contributed by atoms with van der Waals surface area (Å²) >= 11 is 3.17. The van der Waals surface area contributed by atoms with Gasteiger partial charge >= 0.3 is 0 Å². The molecule has 0 atom stereocenters. The summed E-state index contributed by atoms with van der Waals surface area (Å²) in [5, 5.41) is 3.29. The normalized spacial score (nSPS) is 16.0. The highest BCUT2D eigenvalue weighted by Crippen LogP contribution is 2.27. The highest BCUT2D eigenvalue weighted by atomic mass is 79.9. The molecule has 6 nitrogen and oxygen atoms in total. The number of hydrogen-bond acceptors (Lipinski definition) is 5. The predicted octanol–water partition coefficient (Wildman–Crippen LogP) is 1.13. The highest BCUT2D eigenvalue weighted by Gasteiger charge is 2.24. The Bertz CT molecular complexity index is 552. The van der Waals surface area contributed by atoms with E-state index in [1.54, 1.807) is 6.07 Å². The molecule has 114 valence electrons. The standard InChI is InChI=1S/C12H20BrN3O3S/c1-16(2)6-5-15-20(17,18)11-7-10(19-12(11)13)8-14-9-3-4-9/h7,9,14-15H,3-6,8H2,1-2H3. The van der Waals surface area contributed by atoms with Crippen LogP contribution >= 0.6 is 15.9 Å². The van der Waals surface area contributed by atoms with Crippen molar-refractivity contribution < 1.29 is 12.8 Å². The second-order valence-corrected chi connectivity index (χ2v) is 7.66. The molecule has 2 rings (SSSR count). The van der Waals surface area contributed by atoms with Crippen molar-refractivity contribution in [3.8, 4) is 0 Å². The average Bonchev–Trinajstić information content (AvgIpc) is 3.08. The van der Waals surface area contributed by atoms with Crippen LogP contribution in [0.2, 0.25) is 0 Å². The minimum atomic E-state index is -3.53. The zero-order valence-electron chi connectivity index (χ0n) is 11.6. The zero-order valence-corrected chi connectivity index (χ0v) is 14.1. The van der Waals surface area contributed by atoms with Crippen LogP contribution in [0, 0.1) is 0 Å². The number of halogens is 1. The van der Waals surface area contributed by atoms with E-state index in [4.69, 9.17) is 4.42 Å². The van der Waals surface area contributed by atoms with Gasteiger partial charge in [-0.3, -0.25) is 0 Å². The molecular formula is C12H20BrN3O3S. The second-order valence-electron chi connectivity index (χ2n) is 5.21. The molecule has 0 spiro atoms. The largest absolute Gasteiger partial charge is 0.452 e. The maximum Gasteiger partial charge on any atom is 0.245 e. The third-order valence-electron chi connectivity index (χ3n) is 2.99. The van der Waals surface area contributed by atoms with Gasteiger partial charge in [-0.2, -0.15) is 0 Å². The zero-order chi connectivity index (χ0) is 14.8. The molecule has 1 fully saturated rings. The lowest BCUT2D eigenvalue weighted by atomic mass is 10.4. The van der Waals surface area contributed by atoms with E-state index in [9.17, 15) is 8.42 Å². The maximum atomic E-state index is 12.2. The molecule has 1 aliphatic rings. The van der Waals surface area contributed by atoms with Crippen LogP contribution in [0.5, 0.6) is 0 Å². The third-order valence-corrected chi connectivity index (χ3v) is 5.31. The molecule has 8 heteroatoms. The van der Waals surface area contributed by atoms with Gasteiger partial charge in [0.1, 0.15) is 10.7 Å². The first-order valence-electron chi connectivity index (χ1n) is 6.54. The summed E-state index contributed by atoms with van der Waals surface area (Å²) in [4.78, 5) is 2.07. The first-order valence-corrected chi connectivity index (χ1v) is 8.82. The number of nitrogens with zero attached hydrogens (tertiary/aromatic N) is 1. The van der Waals surface area contributed by atoms with Crippen LogP contribution in [0.1, 0.15) is 18.6 Å². The molecule has 2 N–H and O–H groups in total. The summed E-state index contributed by atoms with van der Waals surface area (Å²) in [5.74, 6) is 0.622. The maximum absolute atomic E-state index is 12.2. The van der Waals surface area contributed by atoms with Gasteiger partial charge in [-0.1, -0.05) is 0 Å². The van der Waals surface area contributed by atoms with Crippen molar-refractivity contribution in [2.75, 3.05) is 27.2 Å². The van der Waals surface area contributed by atoms with E-state index in [2.05, 4.69) is 26.0 Å². The van der Waals surface area contributed by atoms with Gasteiger partial charge in [-0.05, 0) is 42.9 Å². The van der Waals surface area contributed by atoms with Crippen LogP contribution in [0.25, 0.3) is 0 Å². The summed E-state index contributed by atoms with van der Waals surface area (Å²) < 4.78 is 32.6. The summed E-state index contributed by atoms with van der Waals surface area (Å²) in [6.45, 7) is 1.56. The van der Waals surface area contributed by atoms with E-state index < -0.39 is 10.0 Å². The fraction of sp³-hybridized carbons (Fsp3) is 0.667. The van der Waals surface area contributed by atoms with E-state index in [-0.39, 0.29) is 9.56 Å². The molecule has 1 aromatic rings. The van der Waals surface area contributed by atoms with E-state index in [0.717, 1.165) is 0 Å². The van der Waals surface area contributed by atoms with Gasteiger partial charge in [0.15, 0.2) is 4.67 Å². The first kappa shape index (κ1) is 16.0. The average molecular weight is 366 g/mol. The van der Waals surface area contributed by atoms with E-state index in [0.29, 0.717) is 31.4 Å². The second kappa shape index (κ2) is 6.57. The van der Waals surface area contributed by atoms with Crippen molar-refractivity contribution in [2.45, 2.75) is 30.3 Å². The Hall–Kier alpha value is -0.410. The van der Waals surface area contributed by atoms with Crippen molar-refractivity contribution in [3.05, 3.63) is 16.5 Å². The Labute approximate surface area is 128 Å². The summed E-state index contributed by atoms with van der Waals surface area (Å²) in [6.07, 6.45) is 2.36. The van der Waals surface area contributed by atoms with Gasteiger partial charge in [-0.15, -0.1) is 0 Å². The molecule has 1 heterocycles. The molecule has 0 saturated heterocycles. The van der Waals surface area contributed by atoms with Crippen LogP contribution in [-0.4, -0.2) is 46.5 Å². The first-order chi connectivity index (χ1) is 9.38. The Morgan fingerprint density at radius 2 is 2.15 bits per heavy atom. The predicted molar refractivity (Wildman–Crippen MR) is 80.0 cm³/mol. The van der Waals surface area contributed by atoms with Crippen LogP contribution < -0.4 is 10.0 Å². The Morgan fingerprint density at radius 1 is 1.45 bits per heavy atom. The lowest BCUT2D eigenvalue weighted by Crippen LogP contribution is -2.31. The van der Waals surface area contributed by atoms with E-state index in [1.807, 2.05) is 19.0 Å². The van der Waals surface area contributed by atoms with Gasteiger partial charge in [0.05, 0.1) is 6.54 Å². The molecule has 0 aromatic carbocycles. The van der Waals surface area contributed by atoms with Gasteiger partial charge in [-0.25, -0.2) is 13.1 Å². The van der Waals surface area contributed by atoms with Crippen molar-refractivity contribution in [1.82, 2.24) is 14.9 Å². The van der Waals surface area contributed by atoms with Gasteiger partial charge in [0.2, 0.25) is 10.0 Å². The van der Waals surface area contributed by atoms with Gasteiger partial charge < -0.3 is 14.6 Å². The van der Waals surface area contributed by atoms with Crippen molar-refractivity contribution >= 4 is 26.0 Å². The van der Waals surface area contributed by atoms with E-state index >= 15 is 0 Å². The molecule has 1 aromatic heterocycles. The molecule has 20 heavy (non-hydrogen) atoms. The lowest BCUT2D eigenvalue weighted by molar-refractivity contribution is 0.412. The van der Waals surface area contributed by atoms with Crippen molar-refractivity contribution in [2.24, 2.45) is 0 Å². The quantitative estimate of drug-likeness (QED) is 0.722. The van der Waals surface area contributed by atoms with Crippen LogP contribution in [0.4, 0.5) is 0 Å².